The quantitative estimate of drug-likeness (QED) is 0.482. The number of fused-ring (bicyclic) bond motifs is 2. The zero-order chi connectivity index (χ0) is 22.8. The van der Waals surface area contributed by atoms with Gasteiger partial charge in [0.15, 0.2) is 0 Å². The van der Waals surface area contributed by atoms with Crippen molar-refractivity contribution in [2.45, 2.75) is 56.7 Å². The van der Waals surface area contributed by atoms with Crippen LogP contribution >= 0.6 is 0 Å². The van der Waals surface area contributed by atoms with Crippen molar-refractivity contribution in [2.75, 3.05) is 11.9 Å². The highest BCUT2D eigenvalue weighted by Crippen LogP contribution is 2.32. The number of benzene rings is 2. The third-order valence-corrected chi connectivity index (χ3v) is 6.83. The Bertz CT molecular complexity index is 1200. The largest absolute Gasteiger partial charge is 0.352 e. The Labute approximate surface area is 191 Å². The maximum Gasteiger partial charge on any atom is 0.323 e. The Morgan fingerprint density at radius 2 is 1.85 bits per heavy atom. The number of hydrogen-bond donors (Lipinski definition) is 4. The van der Waals surface area contributed by atoms with E-state index in [1.54, 1.807) is 18.2 Å². The molecule has 0 bridgehead atoms. The molecule has 0 aliphatic carbocycles. The minimum Gasteiger partial charge on any atom is -0.352 e. The Morgan fingerprint density at radius 3 is 2.70 bits per heavy atom. The van der Waals surface area contributed by atoms with Crippen LogP contribution in [0, 0.1) is 0 Å². The lowest BCUT2D eigenvalue weighted by Gasteiger charge is -2.32. The Hall–Kier alpha value is -3.39. The molecule has 2 saturated heterocycles. The minimum absolute atomic E-state index is 0.0700. The van der Waals surface area contributed by atoms with Crippen molar-refractivity contribution in [1.82, 2.24) is 20.2 Å². The topological polar surface area (TPSA) is 110 Å². The summed E-state index contributed by atoms with van der Waals surface area (Å²) in [4.78, 5) is 44.6. The van der Waals surface area contributed by atoms with Crippen molar-refractivity contribution < 1.29 is 9.59 Å². The van der Waals surface area contributed by atoms with Crippen LogP contribution in [0.4, 0.5) is 5.69 Å². The number of aromatic nitrogens is 2. The van der Waals surface area contributed by atoms with Gasteiger partial charge in [0.2, 0.25) is 11.8 Å². The van der Waals surface area contributed by atoms with Gasteiger partial charge < -0.3 is 20.6 Å². The number of imidazole rings is 1. The summed E-state index contributed by atoms with van der Waals surface area (Å²) in [6.45, 7) is 0.260. The van der Waals surface area contributed by atoms with Crippen molar-refractivity contribution >= 4 is 28.5 Å². The molecule has 2 aliphatic heterocycles. The second kappa shape index (κ2) is 9.23. The number of amides is 2. The first kappa shape index (κ1) is 21.5. The van der Waals surface area contributed by atoms with Gasteiger partial charge in [-0.05, 0) is 49.4 Å². The van der Waals surface area contributed by atoms with Gasteiger partial charge in [0.25, 0.3) is 0 Å². The van der Waals surface area contributed by atoms with Crippen LogP contribution in [0.1, 0.15) is 37.7 Å². The van der Waals surface area contributed by atoms with Crippen LogP contribution in [0.3, 0.4) is 0 Å². The van der Waals surface area contributed by atoms with Crippen molar-refractivity contribution in [3.8, 4) is 0 Å². The summed E-state index contributed by atoms with van der Waals surface area (Å²) < 4.78 is 0. The molecule has 8 nitrogen and oxygen atoms in total. The summed E-state index contributed by atoms with van der Waals surface area (Å²) in [6.07, 6.45) is 5.11. The second-order valence-corrected chi connectivity index (χ2v) is 9.13. The highest BCUT2D eigenvalue weighted by Gasteiger charge is 2.42. The zero-order valence-corrected chi connectivity index (χ0v) is 18.5. The van der Waals surface area contributed by atoms with Gasteiger partial charge in [0.05, 0.1) is 17.6 Å². The van der Waals surface area contributed by atoms with E-state index in [0.29, 0.717) is 23.1 Å². The molecule has 3 atom stereocenters. The highest BCUT2D eigenvalue weighted by molar-refractivity contribution is 5.94. The molecule has 2 amide bonds. The Morgan fingerprint density at radius 1 is 1.03 bits per heavy atom. The maximum absolute atomic E-state index is 13.1. The van der Waals surface area contributed by atoms with E-state index in [2.05, 4.69) is 37.6 Å². The number of rotatable bonds is 5. The van der Waals surface area contributed by atoms with Crippen molar-refractivity contribution in [2.24, 2.45) is 0 Å². The third kappa shape index (κ3) is 4.85. The number of hydrogen-bond acceptors (Lipinski definition) is 4. The van der Waals surface area contributed by atoms with E-state index in [9.17, 15) is 14.4 Å². The van der Waals surface area contributed by atoms with Gasteiger partial charge in [0, 0.05) is 30.2 Å². The molecule has 0 spiro atoms. The van der Waals surface area contributed by atoms with E-state index in [1.165, 1.54) is 5.56 Å². The number of aromatic amines is 2. The molecule has 2 fully saturated rings. The molecule has 3 aromatic rings. The predicted octanol–water partition coefficient (Wildman–Crippen LogP) is 2.54. The maximum atomic E-state index is 13.1. The first-order valence-corrected chi connectivity index (χ1v) is 11.7. The number of carbonyl (C=O) groups is 2. The summed E-state index contributed by atoms with van der Waals surface area (Å²) >= 11 is 0. The van der Waals surface area contributed by atoms with Crippen LogP contribution < -0.4 is 16.3 Å². The van der Waals surface area contributed by atoms with Crippen LogP contribution in [-0.4, -0.2) is 51.4 Å². The average molecular weight is 448 g/mol. The van der Waals surface area contributed by atoms with E-state index in [4.69, 9.17) is 0 Å². The van der Waals surface area contributed by atoms with E-state index >= 15 is 0 Å². The molecule has 1 aromatic heterocycles. The number of likely N-dealkylation sites (tertiary alicyclic amines) is 1. The SMILES string of the molecule is O=C(CN1[C@H](Cc2ccccc2)C[C@H]2NC(=O)CCCC[C@@H]21)Nc1ccc2[nH]c(=O)[nH]c2c1. The molecular formula is C25H29N5O3. The molecule has 3 heterocycles. The molecule has 0 radical (unpaired) electrons. The molecule has 172 valence electrons. The second-order valence-electron chi connectivity index (χ2n) is 9.13. The van der Waals surface area contributed by atoms with Gasteiger partial charge in [-0.15, -0.1) is 0 Å². The van der Waals surface area contributed by atoms with Crippen molar-refractivity contribution in [3.05, 3.63) is 64.6 Å². The number of anilines is 1. The molecule has 2 aliphatic rings. The van der Waals surface area contributed by atoms with Gasteiger partial charge in [-0.25, -0.2) is 4.79 Å². The number of carbonyl (C=O) groups excluding carboxylic acids is 2. The van der Waals surface area contributed by atoms with Gasteiger partial charge in [0.1, 0.15) is 0 Å². The highest BCUT2D eigenvalue weighted by atomic mass is 16.2. The summed E-state index contributed by atoms with van der Waals surface area (Å²) in [7, 11) is 0. The lowest BCUT2D eigenvalue weighted by atomic mass is 9.97. The summed E-state index contributed by atoms with van der Waals surface area (Å²) in [5.74, 6) is 0.0163. The fraction of sp³-hybridized carbons (Fsp3) is 0.400. The summed E-state index contributed by atoms with van der Waals surface area (Å²) in [5.41, 5.74) is 2.96. The molecule has 0 saturated carbocycles. The standard InChI is InChI=1S/C25H29N5O3/c31-23-9-5-4-8-22-21(27-23)14-18(12-16-6-2-1-3-7-16)30(22)15-24(32)26-17-10-11-19-20(13-17)29-25(33)28-19/h1-3,6-7,10-11,13,18,21-22H,4-5,8-9,12,14-15H2,(H,26,32)(H,27,31)(H2,28,29,33)/t18-,21-,22+/m1/s1. The van der Waals surface area contributed by atoms with Crippen LogP contribution in [0.15, 0.2) is 53.3 Å². The van der Waals surface area contributed by atoms with Crippen LogP contribution in [0.5, 0.6) is 0 Å². The fourth-order valence-electron chi connectivity index (χ4n) is 5.34. The number of nitrogens with one attached hydrogen (secondary N) is 4. The molecule has 33 heavy (non-hydrogen) atoms. The number of H-pyrrole nitrogens is 2. The fourth-order valence-corrected chi connectivity index (χ4v) is 5.34. The minimum atomic E-state index is -0.272. The van der Waals surface area contributed by atoms with E-state index in [-0.39, 0.29) is 42.2 Å². The molecule has 2 aromatic carbocycles. The molecule has 0 unspecified atom stereocenters. The summed E-state index contributed by atoms with van der Waals surface area (Å²) in [5, 5.41) is 6.21. The molecule has 5 rings (SSSR count). The summed E-state index contributed by atoms with van der Waals surface area (Å²) in [6, 6.07) is 16.0. The van der Waals surface area contributed by atoms with E-state index in [0.717, 1.165) is 32.1 Å². The first-order chi connectivity index (χ1) is 16.0. The van der Waals surface area contributed by atoms with Gasteiger partial charge >= 0.3 is 5.69 Å². The monoisotopic (exact) mass is 447 g/mol. The average Bonchev–Trinajstić information content (AvgIpc) is 3.29. The smallest absolute Gasteiger partial charge is 0.323 e. The van der Waals surface area contributed by atoms with E-state index in [1.807, 2.05) is 18.2 Å². The Kier molecular flexibility index (Phi) is 6.00. The lowest BCUT2D eigenvalue weighted by Crippen LogP contribution is -2.48. The van der Waals surface area contributed by atoms with Gasteiger partial charge in [-0.3, -0.25) is 14.5 Å². The van der Waals surface area contributed by atoms with E-state index < -0.39 is 0 Å². The molecule has 8 heteroatoms. The van der Waals surface area contributed by atoms with Crippen LogP contribution in [0.2, 0.25) is 0 Å². The molecular weight excluding hydrogens is 418 g/mol. The van der Waals surface area contributed by atoms with Crippen LogP contribution in [-0.2, 0) is 16.0 Å². The van der Waals surface area contributed by atoms with Crippen molar-refractivity contribution in [3.63, 3.8) is 0 Å². The first-order valence-electron chi connectivity index (χ1n) is 11.7. The van der Waals surface area contributed by atoms with Crippen LogP contribution in [0.25, 0.3) is 11.0 Å². The molecule has 4 N–H and O–H groups in total. The van der Waals surface area contributed by atoms with Gasteiger partial charge in [-0.1, -0.05) is 36.8 Å². The Balaban J connectivity index is 1.34. The number of nitrogens with zero attached hydrogens (tertiary/aromatic N) is 1. The zero-order valence-electron chi connectivity index (χ0n) is 18.5. The van der Waals surface area contributed by atoms with Gasteiger partial charge in [-0.2, -0.15) is 0 Å². The lowest BCUT2D eigenvalue weighted by molar-refractivity contribution is -0.122. The third-order valence-electron chi connectivity index (χ3n) is 6.83. The normalized spacial score (nSPS) is 23.5. The predicted molar refractivity (Wildman–Crippen MR) is 127 cm³/mol. The van der Waals surface area contributed by atoms with Crippen molar-refractivity contribution in [1.29, 1.82) is 0 Å².